The standard InChI is InChI=1S/C34H36N8O.3H2/c1-23-7-2-3-8-26(23)21-38-34(43)39-27-16-19-41(20-17-27)22-24-12-14-25(15-13-24)31(35)42-30-11-6-18-37-33(30)40-29-10-5-4-9-28(29)32(42)36;;;/h2-15,18,27,35-36H,16-17,19-22H2,1H3,(H,37,40)(H2,38,39,43);3*1H. The van der Waals surface area contributed by atoms with Gasteiger partial charge in [0.1, 0.15) is 11.7 Å². The second-order valence-corrected chi connectivity index (χ2v) is 11.1. The highest BCUT2D eigenvalue weighted by Crippen LogP contribution is 2.34. The molecule has 3 aromatic carbocycles. The molecule has 3 heterocycles. The van der Waals surface area contributed by atoms with Crippen LogP contribution in [0.25, 0.3) is 0 Å². The van der Waals surface area contributed by atoms with Gasteiger partial charge < -0.3 is 16.0 Å². The van der Waals surface area contributed by atoms with Crippen LogP contribution in [0.4, 0.5) is 22.0 Å². The number of aromatic nitrogens is 1. The largest absolute Gasteiger partial charge is 0.338 e. The first-order chi connectivity index (χ1) is 21.0. The van der Waals surface area contributed by atoms with Crippen LogP contribution < -0.4 is 20.9 Å². The molecule has 5 N–H and O–H groups in total. The van der Waals surface area contributed by atoms with Gasteiger partial charge in [-0.05, 0) is 60.7 Å². The van der Waals surface area contributed by atoms with Crippen molar-refractivity contribution >= 4 is 34.9 Å². The van der Waals surface area contributed by atoms with Crippen molar-refractivity contribution < 1.29 is 9.07 Å². The fraction of sp³-hybridized carbons (Fsp3) is 0.235. The van der Waals surface area contributed by atoms with Gasteiger partial charge in [0.05, 0.1) is 11.4 Å². The summed E-state index contributed by atoms with van der Waals surface area (Å²) in [6.07, 6.45) is 3.52. The van der Waals surface area contributed by atoms with E-state index in [4.69, 9.17) is 10.8 Å². The molecule has 2 aliphatic heterocycles. The number of pyridine rings is 1. The lowest BCUT2D eigenvalue weighted by Crippen LogP contribution is -2.47. The van der Waals surface area contributed by atoms with Crippen LogP contribution in [0.3, 0.4) is 0 Å². The Morgan fingerprint density at radius 3 is 2.53 bits per heavy atom. The number of carbonyl (C=O) groups is 1. The second-order valence-electron chi connectivity index (χ2n) is 11.1. The number of anilines is 3. The lowest BCUT2D eigenvalue weighted by molar-refractivity contribution is 0.186. The zero-order valence-corrected chi connectivity index (χ0v) is 24.2. The number of amides is 2. The minimum Gasteiger partial charge on any atom is -0.338 e. The number of urea groups is 1. The minimum atomic E-state index is -0.116. The van der Waals surface area contributed by atoms with Crippen LogP contribution in [-0.2, 0) is 13.1 Å². The van der Waals surface area contributed by atoms with E-state index in [1.807, 2.05) is 66.7 Å². The van der Waals surface area contributed by atoms with E-state index < -0.39 is 0 Å². The molecule has 0 saturated carbocycles. The number of hydrogen-bond acceptors (Lipinski definition) is 6. The van der Waals surface area contributed by atoms with Gasteiger partial charge in [0.25, 0.3) is 0 Å². The minimum absolute atomic E-state index is 0. The summed E-state index contributed by atoms with van der Waals surface area (Å²) in [7, 11) is 0. The maximum absolute atomic E-state index is 12.5. The van der Waals surface area contributed by atoms with E-state index in [0.717, 1.165) is 49.3 Å². The van der Waals surface area contributed by atoms with Crippen LogP contribution in [0, 0.1) is 17.7 Å². The number of rotatable bonds is 6. The molecule has 1 aromatic heterocycles. The third kappa shape index (κ3) is 6.27. The molecule has 4 aromatic rings. The molecule has 9 heteroatoms. The van der Waals surface area contributed by atoms with E-state index in [0.29, 0.717) is 23.6 Å². The van der Waals surface area contributed by atoms with Gasteiger partial charge in [-0.1, -0.05) is 60.7 Å². The van der Waals surface area contributed by atoms with Crippen molar-refractivity contribution in [1.82, 2.24) is 20.5 Å². The monoisotopic (exact) mass is 578 g/mol. The fourth-order valence-corrected chi connectivity index (χ4v) is 5.68. The number of amidine groups is 2. The van der Waals surface area contributed by atoms with E-state index in [9.17, 15) is 4.79 Å². The number of likely N-dealkylation sites (tertiary alicyclic amines) is 1. The van der Waals surface area contributed by atoms with Crippen molar-refractivity contribution in [3.8, 4) is 0 Å². The molecule has 0 atom stereocenters. The number of carbonyl (C=O) groups excluding carboxylic acids is 1. The van der Waals surface area contributed by atoms with Crippen LogP contribution in [0.2, 0.25) is 0 Å². The predicted octanol–water partition coefficient (Wildman–Crippen LogP) is 6.51. The first kappa shape index (κ1) is 28.1. The third-order valence-corrected chi connectivity index (χ3v) is 8.17. The maximum atomic E-state index is 12.5. The molecule has 0 bridgehead atoms. The van der Waals surface area contributed by atoms with Gasteiger partial charge in [0.2, 0.25) is 0 Å². The van der Waals surface area contributed by atoms with Crippen molar-refractivity contribution in [2.24, 2.45) is 0 Å². The predicted molar refractivity (Wildman–Crippen MR) is 178 cm³/mol. The summed E-state index contributed by atoms with van der Waals surface area (Å²) in [5, 5.41) is 27.5. The molecule has 224 valence electrons. The number of para-hydroxylation sites is 1. The summed E-state index contributed by atoms with van der Waals surface area (Å²) < 4.78 is 0. The Morgan fingerprint density at radius 1 is 1.00 bits per heavy atom. The molecule has 0 unspecified atom stereocenters. The highest BCUT2D eigenvalue weighted by Gasteiger charge is 2.28. The Hall–Kier alpha value is -5.02. The van der Waals surface area contributed by atoms with Gasteiger partial charge in [-0.15, -0.1) is 0 Å². The molecule has 0 radical (unpaired) electrons. The average molecular weight is 579 g/mol. The molecular formula is C34H42N8O. The van der Waals surface area contributed by atoms with Crippen LogP contribution >= 0.6 is 0 Å². The van der Waals surface area contributed by atoms with Crippen molar-refractivity contribution in [3.05, 3.63) is 119 Å². The van der Waals surface area contributed by atoms with Crippen molar-refractivity contribution in [1.29, 1.82) is 10.8 Å². The lowest BCUT2D eigenvalue weighted by atomic mass is 10.0. The second kappa shape index (κ2) is 12.5. The molecule has 43 heavy (non-hydrogen) atoms. The van der Waals surface area contributed by atoms with Gasteiger partial charge in [-0.2, -0.15) is 0 Å². The first-order valence-electron chi connectivity index (χ1n) is 14.7. The highest BCUT2D eigenvalue weighted by atomic mass is 16.2. The van der Waals surface area contributed by atoms with Crippen LogP contribution in [-0.4, -0.2) is 46.7 Å². The zero-order chi connectivity index (χ0) is 29.8. The maximum Gasteiger partial charge on any atom is 0.315 e. The van der Waals surface area contributed by atoms with Crippen LogP contribution in [0.5, 0.6) is 0 Å². The summed E-state index contributed by atoms with van der Waals surface area (Å²) in [6, 6.07) is 27.5. The smallest absolute Gasteiger partial charge is 0.315 e. The Labute approximate surface area is 256 Å². The van der Waals surface area contributed by atoms with Crippen LogP contribution in [0.15, 0.2) is 91.1 Å². The molecule has 0 aliphatic carbocycles. The zero-order valence-electron chi connectivity index (χ0n) is 24.2. The third-order valence-electron chi connectivity index (χ3n) is 8.17. The first-order valence-corrected chi connectivity index (χ1v) is 14.7. The molecular weight excluding hydrogens is 536 g/mol. The van der Waals surface area contributed by atoms with Crippen LogP contribution in [0.1, 0.15) is 44.9 Å². The van der Waals surface area contributed by atoms with Gasteiger partial charge in [-0.3, -0.25) is 20.6 Å². The normalized spacial score (nSPS) is 15.1. The highest BCUT2D eigenvalue weighted by molar-refractivity contribution is 6.30. The van der Waals surface area contributed by atoms with Gasteiger partial charge in [0, 0.05) is 53.8 Å². The summed E-state index contributed by atoms with van der Waals surface area (Å²) in [4.78, 5) is 21.0. The number of nitrogens with zero attached hydrogens (tertiary/aromatic N) is 3. The Morgan fingerprint density at radius 2 is 1.74 bits per heavy atom. The number of aryl methyl sites for hydroxylation is 1. The molecule has 2 aliphatic rings. The molecule has 9 nitrogen and oxygen atoms in total. The van der Waals surface area contributed by atoms with Gasteiger partial charge in [-0.25, -0.2) is 9.78 Å². The molecule has 0 spiro atoms. The van der Waals surface area contributed by atoms with Gasteiger partial charge in [0.15, 0.2) is 5.82 Å². The summed E-state index contributed by atoms with van der Waals surface area (Å²) in [5.41, 5.74) is 6.36. The number of hydrogen-bond donors (Lipinski definition) is 5. The molecule has 1 saturated heterocycles. The fourth-order valence-electron chi connectivity index (χ4n) is 5.68. The number of fused-ring (bicyclic) bond motifs is 2. The Balaban J connectivity index is 0.00000192. The molecule has 1 fully saturated rings. The Bertz CT molecular complexity index is 1660. The quantitative estimate of drug-likeness (QED) is 0.132. The topological polar surface area (TPSA) is 120 Å². The van der Waals surface area contributed by atoms with E-state index in [2.05, 4.69) is 51.0 Å². The number of piperidine rings is 1. The number of nitrogens with one attached hydrogen (secondary N) is 5. The Kier molecular flexibility index (Phi) is 8.15. The lowest BCUT2D eigenvalue weighted by Gasteiger charge is -2.32. The molecule has 2 amide bonds. The van der Waals surface area contributed by atoms with E-state index in [1.54, 1.807) is 11.1 Å². The SMILES string of the molecule is Cc1ccccc1CNC(=O)NC1CCN(Cc2ccc(C(=N)N3C(=N)c4ccccc4Nc4ncccc43)cc2)CC1.[HH].[HH].[HH]. The van der Waals surface area contributed by atoms with Crippen molar-refractivity contribution in [2.45, 2.75) is 38.9 Å². The summed E-state index contributed by atoms with van der Waals surface area (Å²) in [6.45, 7) is 5.20. The summed E-state index contributed by atoms with van der Waals surface area (Å²) >= 11 is 0. The number of benzene rings is 3. The van der Waals surface area contributed by atoms with Crippen molar-refractivity contribution in [2.75, 3.05) is 23.3 Å². The van der Waals surface area contributed by atoms with Gasteiger partial charge >= 0.3 is 6.03 Å². The van der Waals surface area contributed by atoms with E-state index >= 15 is 0 Å². The molecule has 6 rings (SSSR count). The summed E-state index contributed by atoms with van der Waals surface area (Å²) in [5.74, 6) is 1.06. The van der Waals surface area contributed by atoms with Crippen molar-refractivity contribution in [3.63, 3.8) is 0 Å². The van der Waals surface area contributed by atoms with E-state index in [1.165, 1.54) is 11.1 Å². The van der Waals surface area contributed by atoms with E-state index in [-0.39, 0.29) is 28.0 Å². The average Bonchev–Trinajstić information content (AvgIpc) is 3.15.